The third kappa shape index (κ3) is 2.44. The van der Waals surface area contributed by atoms with Crippen LogP contribution in [0, 0.1) is 11.3 Å². The maximum Gasteiger partial charge on any atom is 0.246 e. The Labute approximate surface area is 106 Å². The van der Waals surface area contributed by atoms with Crippen LogP contribution in [0.4, 0.5) is 11.4 Å². The number of amides is 1. The summed E-state index contributed by atoms with van der Waals surface area (Å²) in [5.41, 5.74) is 2.32. The fourth-order valence-corrected chi connectivity index (χ4v) is 2.04. The van der Waals surface area contributed by atoms with Crippen molar-refractivity contribution in [1.29, 1.82) is 5.26 Å². The maximum absolute atomic E-state index is 11.9. The van der Waals surface area contributed by atoms with E-state index in [4.69, 9.17) is 5.26 Å². The maximum atomic E-state index is 11.9. The third-order valence-electron chi connectivity index (χ3n) is 2.96. The van der Waals surface area contributed by atoms with Gasteiger partial charge in [0.2, 0.25) is 5.91 Å². The van der Waals surface area contributed by atoms with E-state index >= 15 is 0 Å². The fraction of sp³-hybridized carbons (Fsp3) is 0.385. The van der Waals surface area contributed by atoms with Crippen LogP contribution in [-0.2, 0) is 4.79 Å². The molecule has 0 aliphatic carbocycles. The number of fused-ring (bicyclic) bond motifs is 1. The molecule has 0 radical (unpaired) electrons. The van der Waals surface area contributed by atoms with E-state index in [-0.39, 0.29) is 5.91 Å². The van der Waals surface area contributed by atoms with Gasteiger partial charge in [-0.15, -0.1) is 0 Å². The summed E-state index contributed by atoms with van der Waals surface area (Å²) < 4.78 is 0. The fourth-order valence-electron chi connectivity index (χ4n) is 2.04. The number of nitrogens with one attached hydrogen (secondary N) is 2. The molecule has 5 heteroatoms. The van der Waals surface area contributed by atoms with Gasteiger partial charge in [0, 0.05) is 6.54 Å². The van der Waals surface area contributed by atoms with Crippen molar-refractivity contribution >= 4 is 17.3 Å². The van der Waals surface area contributed by atoms with E-state index < -0.39 is 0 Å². The summed E-state index contributed by atoms with van der Waals surface area (Å²) in [7, 11) is 1.90. The molecule has 0 spiro atoms. The second-order valence-corrected chi connectivity index (χ2v) is 4.20. The van der Waals surface area contributed by atoms with Gasteiger partial charge in [-0.1, -0.05) is 0 Å². The standard InChI is InChI=1S/C13H16N4O/c1-15-5-2-6-17-12-4-3-10(8-14)7-11(12)16-9-13(17)18/h3-4,7,15-16H,2,5-6,9H2,1H3. The summed E-state index contributed by atoms with van der Waals surface area (Å²) in [5, 5.41) is 15.0. The molecule has 0 bridgehead atoms. The van der Waals surface area contributed by atoms with Crippen LogP contribution >= 0.6 is 0 Å². The zero-order valence-electron chi connectivity index (χ0n) is 10.4. The van der Waals surface area contributed by atoms with Crippen molar-refractivity contribution in [2.75, 3.05) is 36.9 Å². The van der Waals surface area contributed by atoms with Crippen LogP contribution in [0.2, 0.25) is 0 Å². The number of rotatable bonds is 4. The Morgan fingerprint density at radius 3 is 3.11 bits per heavy atom. The Kier molecular flexibility index (Phi) is 3.80. The first-order valence-corrected chi connectivity index (χ1v) is 5.99. The Balaban J connectivity index is 2.22. The second-order valence-electron chi connectivity index (χ2n) is 4.20. The van der Waals surface area contributed by atoms with Crippen LogP contribution in [0.15, 0.2) is 18.2 Å². The van der Waals surface area contributed by atoms with E-state index in [1.165, 1.54) is 0 Å². The van der Waals surface area contributed by atoms with Crippen molar-refractivity contribution in [2.45, 2.75) is 6.42 Å². The van der Waals surface area contributed by atoms with E-state index in [0.717, 1.165) is 24.3 Å². The predicted octanol–water partition coefficient (Wildman–Crippen LogP) is 0.926. The molecule has 1 aliphatic rings. The topological polar surface area (TPSA) is 68.2 Å². The van der Waals surface area contributed by atoms with Crippen LogP contribution < -0.4 is 15.5 Å². The van der Waals surface area contributed by atoms with E-state index in [9.17, 15) is 4.79 Å². The molecule has 5 nitrogen and oxygen atoms in total. The van der Waals surface area contributed by atoms with E-state index in [1.54, 1.807) is 17.0 Å². The molecule has 1 amide bonds. The molecule has 1 aromatic rings. The molecule has 0 saturated heterocycles. The molecule has 94 valence electrons. The van der Waals surface area contributed by atoms with Gasteiger partial charge in [-0.05, 0) is 38.2 Å². The van der Waals surface area contributed by atoms with Crippen molar-refractivity contribution in [3.05, 3.63) is 23.8 Å². The van der Waals surface area contributed by atoms with Gasteiger partial charge in [-0.3, -0.25) is 4.79 Å². The first-order valence-electron chi connectivity index (χ1n) is 5.99. The van der Waals surface area contributed by atoms with Crippen LogP contribution in [-0.4, -0.2) is 32.6 Å². The molecule has 1 heterocycles. The number of benzene rings is 1. The minimum atomic E-state index is 0.0725. The SMILES string of the molecule is CNCCCN1C(=O)CNc2cc(C#N)ccc21. The van der Waals surface area contributed by atoms with Crippen LogP contribution in [0.3, 0.4) is 0 Å². The quantitative estimate of drug-likeness (QED) is 0.773. The van der Waals surface area contributed by atoms with Gasteiger partial charge >= 0.3 is 0 Å². The third-order valence-corrected chi connectivity index (χ3v) is 2.96. The molecule has 0 unspecified atom stereocenters. The van der Waals surface area contributed by atoms with E-state index in [1.807, 2.05) is 13.1 Å². The lowest BCUT2D eigenvalue weighted by atomic mass is 10.1. The van der Waals surface area contributed by atoms with Crippen molar-refractivity contribution < 1.29 is 4.79 Å². The number of hydrogen-bond acceptors (Lipinski definition) is 4. The normalized spacial score (nSPS) is 13.8. The lowest BCUT2D eigenvalue weighted by Crippen LogP contribution is -2.41. The molecule has 0 fully saturated rings. The Hall–Kier alpha value is -2.06. The first kappa shape index (κ1) is 12.4. The molecule has 1 aliphatic heterocycles. The zero-order chi connectivity index (χ0) is 13.0. The number of anilines is 2. The number of nitrogens with zero attached hydrogens (tertiary/aromatic N) is 2. The summed E-state index contributed by atoms with van der Waals surface area (Å²) in [6, 6.07) is 7.46. The number of nitriles is 1. The van der Waals surface area contributed by atoms with Crippen LogP contribution in [0.25, 0.3) is 0 Å². The zero-order valence-corrected chi connectivity index (χ0v) is 10.4. The smallest absolute Gasteiger partial charge is 0.246 e. The molecule has 0 saturated carbocycles. The van der Waals surface area contributed by atoms with Gasteiger partial charge in [0.25, 0.3) is 0 Å². The largest absolute Gasteiger partial charge is 0.374 e. The highest BCUT2D eigenvalue weighted by Crippen LogP contribution is 2.30. The molecule has 1 aromatic carbocycles. The predicted molar refractivity (Wildman–Crippen MR) is 70.5 cm³/mol. The Bertz CT molecular complexity index is 492. The Morgan fingerprint density at radius 2 is 2.39 bits per heavy atom. The lowest BCUT2D eigenvalue weighted by molar-refractivity contribution is -0.117. The summed E-state index contributed by atoms with van der Waals surface area (Å²) in [5.74, 6) is 0.0725. The second kappa shape index (κ2) is 5.52. The molecule has 0 aromatic heterocycles. The summed E-state index contributed by atoms with van der Waals surface area (Å²) in [6.07, 6.45) is 0.904. The Morgan fingerprint density at radius 1 is 1.56 bits per heavy atom. The summed E-state index contributed by atoms with van der Waals surface area (Å²) in [6.45, 7) is 1.87. The number of carbonyl (C=O) groups is 1. The van der Waals surface area contributed by atoms with Crippen molar-refractivity contribution in [2.24, 2.45) is 0 Å². The van der Waals surface area contributed by atoms with Gasteiger partial charge in [-0.25, -0.2) is 0 Å². The average molecular weight is 244 g/mol. The highest BCUT2D eigenvalue weighted by molar-refractivity contribution is 6.02. The van der Waals surface area contributed by atoms with Gasteiger partial charge in [0.05, 0.1) is 29.6 Å². The van der Waals surface area contributed by atoms with E-state index in [2.05, 4.69) is 16.7 Å². The summed E-state index contributed by atoms with van der Waals surface area (Å²) in [4.78, 5) is 13.7. The highest BCUT2D eigenvalue weighted by atomic mass is 16.2. The molecule has 2 rings (SSSR count). The lowest BCUT2D eigenvalue weighted by Gasteiger charge is -2.30. The molecular weight excluding hydrogens is 228 g/mol. The molecule has 2 N–H and O–H groups in total. The van der Waals surface area contributed by atoms with Crippen LogP contribution in [0.1, 0.15) is 12.0 Å². The minimum absolute atomic E-state index is 0.0725. The molecular formula is C13H16N4O. The van der Waals surface area contributed by atoms with Crippen LogP contribution in [0.5, 0.6) is 0 Å². The minimum Gasteiger partial charge on any atom is -0.374 e. The van der Waals surface area contributed by atoms with Crippen molar-refractivity contribution in [3.8, 4) is 6.07 Å². The van der Waals surface area contributed by atoms with Gasteiger partial charge < -0.3 is 15.5 Å². The molecule has 0 atom stereocenters. The van der Waals surface area contributed by atoms with E-state index in [0.29, 0.717) is 18.7 Å². The van der Waals surface area contributed by atoms with Gasteiger partial charge in [-0.2, -0.15) is 5.26 Å². The van der Waals surface area contributed by atoms with Gasteiger partial charge in [0.1, 0.15) is 0 Å². The number of hydrogen-bond donors (Lipinski definition) is 2. The van der Waals surface area contributed by atoms with Crippen molar-refractivity contribution in [3.63, 3.8) is 0 Å². The number of carbonyl (C=O) groups excluding carboxylic acids is 1. The van der Waals surface area contributed by atoms with Gasteiger partial charge in [0.15, 0.2) is 0 Å². The summed E-state index contributed by atoms with van der Waals surface area (Å²) >= 11 is 0. The highest BCUT2D eigenvalue weighted by Gasteiger charge is 2.23. The average Bonchev–Trinajstić information content (AvgIpc) is 2.41. The molecule has 18 heavy (non-hydrogen) atoms. The monoisotopic (exact) mass is 244 g/mol. The first-order chi connectivity index (χ1) is 8.76. The van der Waals surface area contributed by atoms with Crippen molar-refractivity contribution in [1.82, 2.24) is 5.32 Å².